The van der Waals surface area contributed by atoms with Crippen molar-refractivity contribution in [2.24, 2.45) is 5.92 Å². The van der Waals surface area contributed by atoms with Gasteiger partial charge < -0.3 is 14.6 Å². The molecule has 0 aliphatic heterocycles. The van der Waals surface area contributed by atoms with E-state index in [-0.39, 0.29) is 12.7 Å². The van der Waals surface area contributed by atoms with Crippen molar-refractivity contribution < 1.29 is 14.6 Å². The maximum atomic E-state index is 11.7. The van der Waals surface area contributed by atoms with E-state index < -0.39 is 5.60 Å². The largest absolute Gasteiger partial charge is 0.468 e. The highest BCUT2D eigenvalue weighted by molar-refractivity contribution is 5.39. The molecule has 3 nitrogen and oxygen atoms in total. The van der Waals surface area contributed by atoms with E-state index in [0.29, 0.717) is 0 Å². The summed E-state index contributed by atoms with van der Waals surface area (Å²) in [6, 6.07) is 17.6. The normalized spacial score (nSPS) is 14.8. The minimum absolute atomic E-state index is 0.163. The summed E-state index contributed by atoms with van der Waals surface area (Å²) in [6.07, 6.45) is 2.94. The van der Waals surface area contributed by atoms with Gasteiger partial charge in [0.1, 0.15) is 11.4 Å². The van der Waals surface area contributed by atoms with Crippen molar-refractivity contribution in [3.05, 3.63) is 65.7 Å². The van der Waals surface area contributed by atoms with Crippen molar-refractivity contribution in [1.29, 1.82) is 0 Å². The third-order valence-corrected chi connectivity index (χ3v) is 4.57. The van der Waals surface area contributed by atoms with Crippen LogP contribution in [0.1, 0.15) is 44.2 Å². The van der Waals surface area contributed by atoms with Gasteiger partial charge in [-0.1, -0.05) is 62.7 Å². The van der Waals surface area contributed by atoms with Crippen molar-refractivity contribution in [2.75, 3.05) is 13.9 Å². The van der Waals surface area contributed by atoms with Gasteiger partial charge in [0.2, 0.25) is 0 Å². The van der Waals surface area contributed by atoms with Gasteiger partial charge in [0.15, 0.2) is 6.79 Å². The number of methoxy groups -OCH3 is 1. The van der Waals surface area contributed by atoms with Gasteiger partial charge in [-0.3, -0.25) is 0 Å². The van der Waals surface area contributed by atoms with Gasteiger partial charge >= 0.3 is 0 Å². The molecule has 0 saturated heterocycles. The molecule has 3 heteroatoms. The summed E-state index contributed by atoms with van der Waals surface area (Å²) in [5.41, 5.74) is 0.848. The molecule has 2 atom stereocenters. The summed E-state index contributed by atoms with van der Waals surface area (Å²) in [5.74, 6) is 0.898. The Labute approximate surface area is 145 Å². The highest BCUT2D eigenvalue weighted by Gasteiger charge is 2.38. The Morgan fingerprint density at radius 3 is 2.12 bits per heavy atom. The average Bonchev–Trinajstić information content (AvgIpc) is 2.65. The summed E-state index contributed by atoms with van der Waals surface area (Å²) in [5, 5.41) is 11.7. The average molecular weight is 328 g/mol. The number of hydrogen-bond donors (Lipinski definition) is 1. The quantitative estimate of drug-likeness (QED) is 0.676. The second kappa shape index (κ2) is 8.86. The maximum absolute atomic E-state index is 11.7. The zero-order chi connectivity index (χ0) is 17.4. The summed E-state index contributed by atoms with van der Waals surface area (Å²) in [7, 11) is 1.60. The fourth-order valence-electron chi connectivity index (χ4n) is 3.32. The van der Waals surface area contributed by atoms with Crippen molar-refractivity contribution in [3.63, 3.8) is 0 Å². The first-order valence-corrected chi connectivity index (χ1v) is 8.66. The molecule has 0 fully saturated rings. The Hall–Kier alpha value is -1.84. The molecule has 2 rings (SSSR count). The summed E-state index contributed by atoms with van der Waals surface area (Å²) in [6.45, 7) is 4.52. The second-order valence-corrected chi connectivity index (χ2v) is 6.10. The first-order valence-electron chi connectivity index (χ1n) is 8.66. The molecule has 0 spiro atoms. The third-order valence-electron chi connectivity index (χ3n) is 4.57. The predicted octanol–water partition coefficient (Wildman–Crippen LogP) is 4.73. The summed E-state index contributed by atoms with van der Waals surface area (Å²) >= 11 is 0. The molecule has 0 bridgehead atoms. The number of benzene rings is 2. The van der Waals surface area contributed by atoms with E-state index in [0.717, 1.165) is 36.1 Å². The molecule has 0 aliphatic carbocycles. The molecular formula is C21H28O3. The van der Waals surface area contributed by atoms with Gasteiger partial charge in [-0.25, -0.2) is 0 Å². The van der Waals surface area contributed by atoms with E-state index in [1.165, 1.54) is 0 Å². The molecular weight excluding hydrogens is 300 g/mol. The molecule has 1 N–H and O–H groups in total. The Balaban J connectivity index is 2.42. The van der Waals surface area contributed by atoms with Gasteiger partial charge in [-0.05, 0) is 42.0 Å². The lowest BCUT2D eigenvalue weighted by molar-refractivity contribution is 0.00965. The van der Waals surface area contributed by atoms with Gasteiger partial charge in [-0.15, -0.1) is 0 Å². The molecule has 0 amide bonds. The molecule has 0 heterocycles. The Morgan fingerprint density at radius 1 is 0.958 bits per heavy atom. The minimum atomic E-state index is -0.994. The molecule has 0 saturated carbocycles. The van der Waals surface area contributed by atoms with Crippen LogP contribution in [0.15, 0.2) is 54.6 Å². The van der Waals surface area contributed by atoms with E-state index in [2.05, 4.69) is 13.8 Å². The van der Waals surface area contributed by atoms with Gasteiger partial charge in [-0.2, -0.15) is 0 Å². The van der Waals surface area contributed by atoms with Crippen LogP contribution >= 0.6 is 0 Å². The Bertz CT molecular complexity index is 594. The standard InChI is InChI=1S/C21H28O3/c1-4-9-17(5-2)21(22,18-10-7-6-8-11-18)19-12-14-20(15-13-19)24-16-23-3/h6-8,10-15,17,22H,4-5,9,16H2,1-3H3. The van der Waals surface area contributed by atoms with E-state index in [4.69, 9.17) is 9.47 Å². The highest BCUT2D eigenvalue weighted by Crippen LogP contribution is 2.41. The van der Waals surface area contributed by atoms with Crippen LogP contribution in [0.4, 0.5) is 0 Å². The van der Waals surface area contributed by atoms with Gasteiger partial charge in [0, 0.05) is 7.11 Å². The lowest BCUT2D eigenvalue weighted by Crippen LogP contribution is -2.36. The third kappa shape index (κ3) is 3.97. The molecule has 0 radical (unpaired) electrons. The molecule has 2 aromatic carbocycles. The minimum Gasteiger partial charge on any atom is -0.468 e. The van der Waals surface area contributed by atoms with Crippen molar-refractivity contribution >= 4 is 0 Å². The predicted molar refractivity (Wildman–Crippen MR) is 97.1 cm³/mol. The SMILES string of the molecule is CCCC(CC)C(O)(c1ccccc1)c1ccc(OCOC)cc1. The van der Waals surface area contributed by atoms with Crippen LogP contribution in [-0.4, -0.2) is 19.0 Å². The van der Waals surface area contributed by atoms with Crippen LogP contribution in [-0.2, 0) is 10.3 Å². The molecule has 2 aromatic rings. The van der Waals surface area contributed by atoms with E-state index in [1.54, 1.807) is 7.11 Å². The van der Waals surface area contributed by atoms with Crippen LogP contribution in [0.3, 0.4) is 0 Å². The van der Waals surface area contributed by atoms with Crippen LogP contribution < -0.4 is 4.74 Å². The van der Waals surface area contributed by atoms with E-state index in [1.807, 2.05) is 54.6 Å². The fourth-order valence-corrected chi connectivity index (χ4v) is 3.32. The van der Waals surface area contributed by atoms with Crippen LogP contribution in [0.5, 0.6) is 5.75 Å². The second-order valence-electron chi connectivity index (χ2n) is 6.10. The number of rotatable bonds is 9. The maximum Gasteiger partial charge on any atom is 0.188 e. The summed E-state index contributed by atoms with van der Waals surface area (Å²) in [4.78, 5) is 0. The molecule has 130 valence electrons. The van der Waals surface area contributed by atoms with E-state index in [9.17, 15) is 5.11 Å². The van der Waals surface area contributed by atoms with Crippen molar-refractivity contribution in [2.45, 2.75) is 38.7 Å². The van der Waals surface area contributed by atoms with Crippen molar-refractivity contribution in [1.82, 2.24) is 0 Å². The number of hydrogen-bond acceptors (Lipinski definition) is 3. The number of ether oxygens (including phenoxy) is 2. The van der Waals surface area contributed by atoms with Crippen LogP contribution in [0, 0.1) is 5.92 Å². The molecule has 2 unspecified atom stereocenters. The molecule has 0 aliphatic rings. The topological polar surface area (TPSA) is 38.7 Å². The number of aliphatic hydroxyl groups is 1. The fraction of sp³-hybridized carbons (Fsp3) is 0.429. The van der Waals surface area contributed by atoms with Gasteiger partial charge in [0.05, 0.1) is 0 Å². The first kappa shape index (κ1) is 18.5. The van der Waals surface area contributed by atoms with Crippen molar-refractivity contribution in [3.8, 4) is 5.75 Å². The molecule has 0 aromatic heterocycles. The smallest absolute Gasteiger partial charge is 0.188 e. The van der Waals surface area contributed by atoms with Crippen LogP contribution in [0.25, 0.3) is 0 Å². The van der Waals surface area contributed by atoms with Gasteiger partial charge in [0.25, 0.3) is 0 Å². The lowest BCUT2D eigenvalue weighted by atomic mass is 9.73. The first-order chi connectivity index (χ1) is 11.7. The zero-order valence-electron chi connectivity index (χ0n) is 14.9. The Kier molecular flexibility index (Phi) is 6.83. The monoisotopic (exact) mass is 328 g/mol. The highest BCUT2D eigenvalue weighted by atomic mass is 16.7. The summed E-state index contributed by atoms with van der Waals surface area (Å²) < 4.78 is 10.4. The van der Waals surface area contributed by atoms with E-state index >= 15 is 0 Å². The molecule has 24 heavy (non-hydrogen) atoms. The lowest BCUT2D eigenvalue weighted by Gasteiger charge is -2.37. The van der Waals surface area contributed by atoms with Crippen LogP contribution in [0.2, 0.25) is 0 Å². The zero-order valence-corrected chi connectivity index (χ0v) is 14.9. The Morgan fingerprint density at radius 2 is 1.58 bits per heavy atom.